The van der Waals surface area contributed by atoms with E-state index in [1.54, 1.807) is 0 Å². The molecule has 2 heteroatoms. The summed E-state index contributed by atoms with van der Waals surface area (Å²) < 4.78 is 0. The van der Waals surface area contributed by atoms with E-state index in [0.29, 0.717) is 0 Å². The summed E-state index contributed by atoms with van der Waals surface area (Å²) >= 11 is 0. The lowest BCUT2D eigenvalue weighted by Gasteiger charge is -2.07. The van der Waals surface area contributed by atoms with Gasteiger partial charge in [-0.25, -0.2) is 0 Å². The molecule has 1 aromatic carbocycles. The van der Waals surface area contributed by atoms with Crippen LogP contribution in [-0.4, -0.2) is 10.1 Å². The minimum absolute atomic E-state index is 0.355. The molecule has 0 saturated carbocycles. The maximum Gasteiger partial charge on any atom is 0.0810 e. The summed E-state index contributed by atoms with van der Waals surface area (Å²) in [6, 6.07) is 8.09. The Bertz CT molecular complexity index is 445. The molecule has 0 radical (unpaired) electrons. The molecule has 1 atom stereocenters. The molecule has 0 amide bonds. The van der Waals surface area contributed by atoms with Crippen LogP contribution in [0.2, 0.25) is 0 Å². The van der Waals surface area contributed by atoms with Crippen molar-refractivity contribution in [1.82, 2.24) is 4.98 Å². The summed E-state index contributed by atoms with van der Waals surface area (Å²) in [5.74, 6) is 0. The third-order valence-corrected chi connectivity index (χ3v) is 2.66. The van der Waals surface area contributed by atoms with Gasteiger partial charge >= 0.3 is 0 Å². The van der Waals surface area contributed by atoms with E-state index >= 15 is 0 Å². The van der Waals surface area contributed by atoms with Crippen LogP contribution in [0.3, 0.4) is 0 Å². The van der Waals surface area contributed by atoms with Gasteiger partial charge in [-0.05, 0) is 19.4 Å². The molecule has 0 bridgehead atoms. The van der Waals surface area contributed by atoms with E-state index < -0.39 is 0 Å². The molecular formula is C12H15NO. The van der Waals surface area contributed by atoms with Crippen LogP contribution in [0.5, 0.6) is 0 Å². The number of aliphatic hydroxyl groups is 1. The minimum atomic E-state index is -0.355. The van der Waals surface area contributed by atoms with E-state index in [2.05, 4.69) is 4.98 Å². The topological polar surface area (TPSA) is 36.0 Å². The van der Waals surface area contributed by atoms with Crippen LogP contribution in [0, 0.1) is 6.92 Å². The summed E-state index contributed by atoms with van der Waals surface area (Å²) in [5, 5.41) is 11.0. The lowest BCUT2D eigenvalue weighted by Crippen LogP contribution is -1.95. The number of rotatable bonds is 2. The number of H-pyrrole nitrogens is 1. The molecule has 2 rings (SSSR count). The van der Waals surface area contributed by atoms with Crippen LogP contribution in [0.1, 0.15) is 30.7 Å². The molecule has 1 unspecified atom stereocenters. The highest BCUT2D eigenvalue weighted by Gasteiger charge is 2.13. The molecule has 0 spiro atoms. The van der Waals surface area contributed by atoms with Crippen LogP contribution in [-0.2, 0) is 0 Å². The van der Waals surface area contributed by atoms with Gasteiger partial charge in [-0.1, -0.05) is 25.1 Å². The van der Waals surface area contributed by atoms with E-state index in [0.717, 1.165) is 28.6 Å². The highest BCUT2D eigenvalue weighted by atomic mass is 16.3. The molecule has 0 saturated heterocycles. The number of aromatic amines is 1. The Balaban J connectivity index is 2.67. The Morgan fingerprint density at radius 2 is 2.07 bits per heavy atom. The summed E-state index contributed by atoms with van der Waals surface area (Å²) in [4.78, 5) is 3.28. The summed E-state index contributed by atoms with van der Waals surface area (Å²) in [6.45, 7) is 4.00. The minimum Gasteiger partial charge on any atom is -0.388 e. The zero-order valence-corrected chi connectivity index (χ0v) is 8.54. The van der Waals surface area contributed by atoms with Gasteiger partial charge in [0.1, 0.15) is 0 Å². The zero-order chi connectivity index (χ0) is 10.1. The number of hydrogen-bond acceptors (Lipinski definition) is 1. The lowest BCUT2D eigenvalue weighted by molar-refractivity contribution is 0.174. The van der Waals surface area contributed by atoms with Gasteiger partial charge in [0.05, 0.1) is 6.10 Å². The van der Waals surface area contributed by atoms with Crippen molar-refractivity contribution < 1.29 is 5.11 Å². The molecule has 2 nitrogen and oxygen atoms in total. The highest BCUT2D eigenvalue weighted by molar-refractivity contribution is 5.84. The van der Waals surface area contributed by atoms with Gasteiger partial charge < -0.3 is 10.1 Å². The quantitative estimate of drug-likeness (QED) is 0.748. The number of benzene rings is 1. The van der Waals surface area contributed by atoms with Gasteiger partial charge in [0.25, 0.3) is 0 Å². The average Bonchev–Trinajstić information content (AvgIpc) is 2.53. The van der Waals surface area contributed by atoms with Crippen LogP contribution in [0.25, 0.3) is 10.9 Å². The number of nitrogens with one attached hydrogen (secondary N) is 1. The molecule has 14 heavy (non-hydrogen) atoms. The van der Waals surface area contributed by atoms with Crippen molar-refractivity contribution >= 4 is 10.9 Å². The van der Waals surface area contributed by atoms with E-state index in [9.17, 15) is 5.11 Å². The monoisotopic (exact) mass is 189 g/mol. The summed E-state index contributed by atoms with van der Waals surface area (Å²) in [7, 11) is 0. The van der Waals surface area contributed by atoms with Crippen LogP contribution < -0.4 is 0 Å². The van der Waals surface area contributed by atoms with Gasteiger partial charge in [-0.2, -0.15) is 0 Å². The van der Waals surface area contributed by atoms with Crippen LogP contribution in [0.4, 0.5) is 0 Å². The van der Waals surface area contributed by atoms with Gasteiger partial charge in [-0.3, -0.25) is 0 Å². The lowest BCUT2D eigenvalue weighted by atomic mass is 10.0. The Morgan fingerprint density at radius 1 is 1.36 bits per heavy atom. The maximum atomic E-state index is 9.88. The van der Waals surface area contributed by atoms with Gasteiger partial charge in [-0.15, -0.1) is 0 Å². The van der Waals surface area contributed by atoms with E-state index in [4.69, 9.17) is 0 Å². The van der Waals surface area contributed by atoms with Crippen LogP contribution in [0.15, 0.2) is 24.3 Å². The number of aryl methyl sites for hydroxylation is 1. The van der Waals surface area contributed by atoms with Crippen molar-refractivity contribution in [3.63, 3.8) is 0 Å². The first-order valence-electron chi connectivity index (χ1n) is 4.99. The SMILES string of the molecule is CCC(O)c1c(C)[nH]c2ccccc12. The fraction of sp³-hybridized carbons (Fsp3) is 0.333. The van der Waals surface area contributed by atoms with Crippen molar-refractivity contribution in [2.75, 3.05) is 0 Å². The molecular weight excluding hydrogens is 174 g/mol. The summed E-state index contributed by atoms with van der Waals surface area (Å²) in [5.41, 5.74) is 3.22. The molecule has 0 aliphatic heterocycles. The Kier molecular flexibility index (Phi) is 2.30. The standard InChI is InChI=1S/C12H15NO/c1-3-11(14)12-8(2)13-10-7-5-4-6-9(10)12/h4-7,11,13-14H,3H2,1-2H3. The summed E-state index contributed by atoms with van der Waals surface area (Å²) in [6.07, 6.45) is 0.397. The molecule has 74 valence electrons. The van der Waals surface area contributed by atoms with Crippen molar-refractivity contribution in [3.05, 3.63) is 35.5 Å². The molecule has 0 aliphatic rings. The fourth-order valence-corrected chi connectivity index (χ4v) is 1.93. The second-order valence-electron chi connectivity index (χ2n) is 3.63. The first kappa shape index (κ1) is 9.28. The Hall–Kier alpha value is -1.28. The van der Waals surface area contributed by atoms with Crippen molar-refractivity contribution in [2.24, 2.45) is 0 Å². The van der Waals surface area contributed by atoms with Gasteiger partial charge in [0, 0.05) is 22.2 Å². The first-order chi connectivity index (χ1) is 6.74. The zero-order valence-electron chi connectivity index (χ0n) is 8.54. The molecule has 2 N–H and O–H groups in total. The number of para-hydroxylation sites is 1. The molecule has 1 heterocycles. The first-order valence-corrected chi connectivity index (χ1v) is 4.99. The van der Waals surface area contributed by atoms with Gasteiger partial charge in [0.15, 0.2) is 0 Å². The van der Waals surface area contributed by atoms with Gasteiger partial charge in [0.2, 0.25) is 0 Å². The smallest absolute Gasteiger partial charge is 0.0810 e. The van der Waals surface area contributed by atoms with Crippen molar-refractivity contribution in [1.29, 1.82) is 0 Å². The largest absolute Gasteiger partial charge is 0.388 e. The molecule has 0 fully saturated rings. The third-order valence-electron chi connectivity index (χ3n) is 2.66. The Labute approximate surface area is 83.6 Å². The Morgan fingerprint density at radius 3 is 2.79 bits per heavy atom. The number of hydrogen-bond donors (Lipinski definition) is 2. The number of aromatic nitrogens is 1. The van der Waals surface area contributed by atoms with E-state index in [1.807, 2.05) is 38.1 Å². The van der Waals surface area contributed by atoms with E-state index in [-0.39, 0.29) is 6.10 Å². The molecule has 2 aromatic rings. The molecule has 1 aromatic heterocycles. The fourth-order valence-electron chi connectivity index (χ4n) is 1.93. The predicted molar refractivity (Wildman–Crippen MR) is 58.3 cm³/mol. The third kappa shape index (κ3) is 1.32. The van der Waals surface area contributed by atoms with E-state index in [1.165, 1.54) is 0 Å². The number of aliphatic hydroxyl groups excluding tert-OH is 1. The number of fused-ring (bicyclic) bond motifs is 1. The second kappa shape index (κ2) is 3.46. The second-order valence-corrected chi connectivity index (χ2v) is 3.63. The van der Waals surface area contributed by atoms with Crippen molar-refractivity contribution in [2.45, 2.75) is 26.4 Å². The predicted octanol–water partition coefficient (Wildman–Crippen LogP) is 2.92. The van der Waals surface area contributed by atoms with Crippen LogP contribution >= 0.6 is 0 Å². The maximum absolute atomic E-state index is 9.88. The average molecular weight is 189 g/mol. The molecule has 0 aliphatic carbocycles. The van der Waals surface area contributed by atoms with Crippen molar-refractivity contribution in [3.8, 4) is 0 Å². The highest BCUT2D eigenvalue weighted by Crippen LogP contribution is 2.28. The normalized spacial score (nSPS) is 13.4.